The van der Waals surface area contributed by atoms with Gasteiger partial charge in [-0.2, -0.15) is 0 Å². The predicted octanol–water partition coefficient (Wildman–Crippen LogP) is 2.12. The zero-order valence-corrected chi connectivity index (χ0v) is 12.5. The Hall–Kier alpha value is -2.30. The summed E-state index contributed by atoms with van der Waals surface area (Å²) >= 11 is 0. The van der Waals surface area contributed by atoms with E-state index in [1.165, 1.54) is 0 Å². The van der Waals surface area contributed by atoms with E-state index in [2.05, 4.69) is 31.9 Å². The summed E-state index contributed by atoms with van der Waals surface area (Å²) in [6.07, 6.45) is 1.79. The monoisotopic (exact) mass is 284 g/mol. The Morgan fingerprint density at radius 3 is 2.38 bits per heavy atom. The molecule has 0 N–H and O–H groups in total. The molecule has 1 aliphatic heterocycles. The van der Waals surface area contributed by atoms with Crippen LogP contribution < -0.4 is 14.5 Å². The summed E-state index contributed by atoms with van der Waals surface area (Å²) < 4.78 is 5.26. The average molecular weight is 284 g/mol. The number of aromatic nitrogens is 2. The van der Waals surface area contributed by atoms with Gasteiger partial charge in [0.05, 0.1) is 7.11 Å². The van der Waals surface area contributed by atoms with Crippen molar-refractivity contribution in [3.8, 4) is 5.75 Å². The first kappa shape index (κ1) is 13.7. The summed E-state index contributed by atoms with van der Waals surface area (Å²) in [5, 5.41) is 0. The van der Waals surface area contributed by atoms with Gasteiger partial charge in [-0.15, -0.1) is 0 Å². The predicted molar refractivity (Wildman–Crippen MR) is 84.2 cm³/mol. The minimum atomic E-state index is 0.850. The molecule has 5 heteroatoms. The summed E-state index contributed by atoms with van der Waals surface area (Å²) in [7, 11) is 1.68. The van der Waals surface area contributed by atoms with Gasteiger partial charge in [0.2, 0.25) is 0 Å². The second kappa shape index (κ2) is 5.99. The highest BCUT2D eigenvalue weighted by atomic mass is 16.5. The van der Waals surface area contributed by atoms with Crippen LogP contribution in [0.5, 0.6) is 5.75 Å². The summed E-state index contributed by atoms with van der Waals surface area (Å²) in [4.78, 5) is 13.6. The van der Waals surface area contributed by atoms with Gasteiger partial charge in [-0.05, 0) is 25.1 Å². The van der Waals surface area contributed by atoms with Crippen LogP contribution in [-0.2, 0) is 0 Å². The molecule has 0 bridgehead atoms. The minimum absolute atomic E-state index is 0.850. The molecule has 1 saturated heterocycles. The molecule has 0 spiro atoms. The van der Waals surface area contributed by atoms with E-state index in [0.29, 0.717) is 0 Å². The van der Waals surface area contributed by atoms with Crippen LogP contribution in [0.3, 0.4) is 0 Å². The zero-order valence-electron chi connectivity index (χ0n) is 12.5. The highest BCUT2D eigenvalue weighted by molar-refractivity contribution is 5.47. The van der Waals surface area contributed by atoms with E-state index in [1.54, 1.807) is 13.3 Å². The molecule has 1 fully saturated rings. The molecule has 2 aromatic heterocycles. The van der Waals surface area contributed by atoms with Crippen molar-refractivity contribution in [2.75, 3.05) is 43.1 Å². The molecule has 2 aromatic rings. The lowest BCUT2D eigenvalue weighted by atomic mass is 10.3. The number of anilines is 2. The third kappa shape index (κ3) is 3.07. The molecule has 21 heavy (non-hydrogen) atoms. The standard InChI is InChI=1S/C16H20N4O/c1-13-4-3-5-15(18-13)19-8-10-20(11-9-19)16-12-14(21-2)6-7-17-16/h3-7,12H,8-11H2,1-2H3. The molecule has 0 aromatic carbocycles. The Kier molecular flexibility index (Phi) is 3.90. The van der Waals surface area contributed by atoms with Crippen LogP contribution in [0.4, 0.5) is 11.6 Å². The molecule has 0 amide bonds. The fourth-order valence-corrected chi connectivity index (χ4v) is 2.57. The van der Waals surface area contributed by atoms with E-state index in [0.717, 1.165) is 49.3 Å². The number of hydrogen-bond donors (Lipinski definition) is 0. The normalized spacial score (nSPS) is 15.1. The van der Waals surface area contributed by atoms with Crippen molar-refractivity contribution in [1.29, 1.82) is 0 Å². The Labute approximate surface area is 125 Å². The highest BCUT2D eigenvalue weighted by Gasteiger charge is 2.19. The average Bonchev–Trinajstić information content (AvgIpc) is 2.55. The fourth-order valence-electron chi connectivity index (χ4n) is 2.57. The first-order chi connectivity index (χ1) is 10.3. The largest absolute Gasteiger partial charge is 0.497 e. The van der Waals surface area contributed by atoms with E-state index in [-0.39, 0.29) is 0 Å². The third-order valence-electron chi connectivity index (χ3n) is 3.75. The van der Waals surface area contributed by atoms with Gasteiger partial charge < -0.3 is 14.5 Å². The van der Waals surface area contributed by atoms with Gasteiger partial charge >= 0.3 is 0 Å². The van der Waals surface area contributed by atoms with Crippen LogP contribution in [0.25, 0.3) is 0 Å². The number of rotatable bonds is 3. The molecule has 0 atom stereocenters. The quantitative estimate of drug-likeness (QED) is 0.863. The SMILES string of the molecule is COc1ccnc(N2CCN(c3cccc(C)n3)CC2)c1. The number of ether oxygens (including phenoxy) is 1. The van der Waals surface area contributed by atoms with Gasteiger partial charge in [-0.1, -0.05) is 6.07 Å². The lowest BCUT2D eigenvalue weighted by Crippen LogP contribution is -2.47. The van der Waals surface area contributed by atoms with Crippen molar-refractivity contribution >= 4 is 11.6 Å². The van der Waals surface area contributed by atoms with E-state index in [1.807, 2.05) is 25.1 Å². The topological polar surface area (TPSA) is 41.5 Å². The summed E-state index contributed by atoms with van der Waals surface area (Å²) in [6.45, 7) is 5.82. The van der Waals surface area contributed by atoms with Crippen molar-refractivity contribution in [2.24, 2.45) is 0 Å². The molecule has 1 aliphatic rings. The fraction of sp³-hybridized carbons (Fsp3) is 0.375. The van der Waals surface area contributed by atoms with Gasteiger partial charge in [-0.25, -0.2) is 9.97 Å². The van der Waals surface area contributed by atoms with Crippen LogP contribution in [0.2, 0.25) is 0 Å². The second-order valence-corrected chi connectivity index (χ2v) is 5.17. The van der Waals surface area contributed by atoms with Gasteiger partial charge in [-0.3, -0.25) is 0 Å². The van der Waals surface area contributed by atoms with E-state index in [4.69, 9.17) is 4.74 Å². The van der Waals surface area contributed by atoms with Gasteiger partial charge in [0.15, 0.2) is 0 Å². The molecular weight excluding hydrogens is 264 g/mol. The van der Waals surface area contributed by atoms with Crippen molar-refractivity contribution in [2.45, 2.75) is 6.92 Å². The first-order valence-electron chi connectivity index (χ1n) is 7.20. The molecule has 0 unspecified atom stereocenters. The maximum atomic E-state index is 5.26. The Bertz CT molecular complexity index is 609. The van der Waals surface area contributed by atoms with Crippen molar-refractivity contribution in [3.63, 3.8) is 0 Å². The molecule has 0 saturated carbocycles. The number of pyridine rings is 2. The lowest BCUT2D eigenvalue weighted by molar-refractivity contribution is 0.414. The van der Waals surface area contributed by atoms with Crippen LogP contribution in [-0.4, -0.2) is 43.3 Å². The molecule has 110 valence electrons. The maximum Gasteiger partial charge on any atom is 0.132 e. The van der Waals surface area contributed by atoms with Gasteiger partial charge in [0, 0.05) is 44.1 Å². The summed E-state index contributed by atoms with van der Waals surface area (Å²) in [6, 6.07) is 10.0. The van der Waals surface area contributed by atoms with Crippen molar-refractivity contribution in [3.05, 3.63) is 42.2 Å². The number of methoxy groups -OCH3 is 1. The molecule has 3 rings (SSSR count). The van der Waals surface area contributed by atoms with E-state index in [9.17, 15) is 0 Å². The molecule has 3 heterocycles. The Morgan fingerprint density at radius 1 is 1.00 bits per heavy atom. The van der Waals surface area contributed by atoms with Crippen LogP contribution in [0, 0.1) is 6.92 Å². The summed E-state index contributed by atoms with van der Waals surface area (Å²) in [5.74, 6) is 2.89. The van der Waals surface area contributed by atoms with E-state index >= 15 is 0 Å². The number of nitrogens with zero attached hydrogens (tertiary/aromatic N) is 4. The van der Waals surface area contributed by atoms with Gasteiger partial charge in [0.1, 0.15) is 17.4 Å². The molecule has 5 nitrogen and oxygen atoms in total. The smallest absolute Gasteiger partial charge is 0.132 e. The number of aryl methyl sites for hydroxylation is 1. The Morgan fingerprint density at radius 2 is 1.71 bits per heavy atom. The highest BCUT2D eigenvalue weighted by Crippen LogP contribution is 2.21. The van der Waals surface area contributed by atoms with Gasteiger partial charge in [0.25, 0.3) is 0 Å². The Balaban J connectivity index is 1.67. The number of piperazine rings is 1. The first-order valence-corrected chi connectivity index (χ1v) is 7.20. The zero-order chi connectivity index (χ0) is 14.7. The molecule has 0 radical (unpaired) electrons. The van der Waals surface area contributed by atoms with Crippen LogP contribution >= 0.6 is 0 Å². The lowest BCUT2D eigenvalue weighted by Gasteiger charge is -2.36. The van der Waals surface area contributed by atoms with Crippen molar-refractivity contribution in [1.82, 2.24) is 9.97 Å². The maximum absolute atomic E-state index is 5.26. The van der Waals surface area contributed by atoms with Crippen molar-refractivity contribution < 1.29 is 4.74 Å². The summed E-state index contributed by atoms with van der Waals surface area (Å²) in [5.41, 5.74) is 1.06. The minimum Gasteiger partial charge on any atom is -0.497 e. The van der Waals surface area contributed by atoms with Crippen LogP contribution in [0.1, 0.15) is 5.69 Å². The number of hydrogen-bond acceptors (Lipinski definition) is 5. The van der Waals surface area contributed by atoms with E-state index < -0.39 is 0 Å². The molecule has 0 aliphatic carbocycles. The molecular formula is C16H20N4O. The third-order valence-corrected chi connectivity index (χ3v) is 3.75. The van der Waals surface area contributed by atoms with Crippen LogP contribution in [0.15, 0.2) is 36.5 Å². The second-order valence-electron chi connectivity index (χ2n) is 5.17.